The van der Waals surface area contributed by atoms with Crippen molar-refractivity contribution in [3.05, 3.63) is 47.6 Å². The number of ether oxygens (including phenoxy) is 13. The number of ketones is 2. The summed E-state index contributed by atoms with van der Waals surface area (Å²) in [5.74, 6) is -6.59. The Morgan fingerprint density at radius 2 is 1.30 bits per heavy atom. The Balaban J connectivity index is 1.38. The molecule has 23 heteroatoms. The maximum absolute atomic E-state index is 14.6. The number of fused-ring (bicyclic) bond motifs is 3. The van der Waals surface area contributed by atoms with Crippen LogP contribution in [0.5, 0.6) is 0 Å². The van der Waals surface area contributed by atoms with Gasteiger partial charge in [-0.3, -0.25) is 14.4 Å². The summed E-state index contributed by atoms with van der Waals surface area (Å²) >= 11 is 5.60. The van der Waals surface area contributed by atoms with Gasteiger partial charge in [-0.15, -0.1) is 0 Å². The first-order valence-corrected chi connectivity index (χ1v) is 33.9. The van der Waals surface area contributed by atoms with Crippen LogP contribution >= 0.6 is 12.2 Å². The zero-order chi connectivity index (χ0) is 66.7. The second-order valence-electron chi connectivity index (χ2n) is 25.1. The number of aliphatic hydroxyl groups excluding tert-OH is 3. The van der Waals surface area contributed by atoms with Gasteiger partial charge in [-0.1, -0.05) is 71.1 Å². The lowest BCUT2D eigenvalue weighted by Crippen LogP contribution is -2.61. The Hall–Kier alpha value is -3.18. The van der Waals surface area contributed by atoms with Gasteiger partial charge in [0.2, 0.25) is 5.79 Å². The fourth-order valence-corrected chi connectivity index (χ4v) is 12.7. The third-order valence-electron chi connectivity index (χ3n) is 18.0. The third-order valence-corrected chi connectivity index (χ3v) is 18.3. The molecule has 1 saturated carbocycles. The van der Waals surface area contributed by atoms with E-state index in [4.69, 9.17) is 73.8 Å². The van der Waals surface area contributed by atoms with Gasteiger partial charge < -0.3 is 92.2 Å². The minimum Gasteiger partial charge on any atom is -0.465 e. The van der Waals surface area contributed by atoms with Crippen molar-refractivity contribution in [3.63, 3.8) is 0 Å². The zero-order valence-corrected chi connectivity index (χ0v) is 57.5. The molecule has 0 radical (unpaired) electrons. The molecule has 3 aliphatic heterocycles. The summed E-state index contributed by atoms with van der Waals surface area (Å²) < 4.78 is 75.9. The molecule has 22 nitrogen and oxygen atoms in total. The number of Topliss-reactive ketones (excluding diaryl/α,β-unsaturated/α-hetero) is 2. The molecule has 1 unspecified atom stereocenters. The number of hydrogen-bond donors (Lipinski definition) is 5. The van der Waals surface area contributed by atoms with Gasteiger partial charge in [-0.2, -0.15) is 0 Å². The average Bonchev–Trinajstić information content (AvgIpc) is 0.799. The van der Waals surface area contributed by atoms with E-state index in [1.165, 1.54) is 4.90 Å². The number of piperidine rings is 1. The Labute approximate surface area is 548 Å². The van der Waals surface area contributed by atoms with Crippen LogP contribution in [-0.2, 0) is 76.0 Å². The van der Waals surface area contributed by atoms with Crippen molar-refractivity contribution in [1.82, 2.24) is 10.2 Å². The highest BCUT2D eigenvalue weighted by Gasteiger charge is 2.53. The fourth-order valence-electron chi connectivity index (χ4n) is 12.5. The first-order valence-electron chi connectivity index (χ1n) is 33.4. The van der Waals surface area contributed by atoms with Crippen molar-refractivity contribution in [2.45, 2.75) is 199 Å². The van der Waals surface area contributed by atoms with Crippen LogP contribution in [-0.4, -0.2) is 242 Å². The van der Waals surface area contributed by atoms with Crippen LogP contribution in [0.3, 0.4) is 0 Å². The van der Waals surface area contributed by atoms with E-state index in [2.05, 4.69) is 12.2 Å². The molecule has 0 spiro atoms. The van der Waals surface area contributed by atoms with Crippen molar-refractivity contribution < 1.29 is 96.4 Å². The smallest absolute Gasteiger partial charge is 0.296 e. The molecule has 4 rings (SSSR count). The van der Waals surface area contributed by atoms with Gasteiger partial charge in [0.1, 0.15) is 18.3 Å². The summed E-state index contributed by atoms with van der Waals surface area (Å²) in [5.41, 5.74) is 1.28. The number of hydrogen-bond acceptors (Lipinski definition) is 21. The summed E-state index contributed by atoms with van der Waals surface area (Å²) in [6.45, 7) is 22.4. The molecule has 524 valence electrons. The summed E-state index contributed by atoms with van der Waals surface area (Å²) in [6, 6.07) is -0.926. The SMILES string of the molecule is CCOCCOCCOCCOCCOCCOCCOCCNC(=S)O[C@@H]1CC[C@@H](C[C@@H](C)[C@@H]2C[C@@H](OC)[C@H](C)/C=C(\C)[C@@H](O)[C@@H](O)C(=O)[C@H](C)C[C@H](C)/C=C/C=C/C=C(\C)[C@@H](OC)C[C@@H]3CC[C@@H](C)[C@@](O)(O3)C(=O)C(=O)N3CCCC[C@H]3C(O)O2)C[C@H]1OC. The summed E-state index contributed by atoms with van der Waals surface area (Å²) in [6.07, 6.45) is 10.2. The molecule has 91 heavy (non-hydrogen) atoms. The molecule has 17 atom stereocenters. The minimum atomic E-state index is -2.41. The summed E-state index contributed by atoms with van der Waals surface area (Å²) in [7, 11) is 4.82. The van der Waals surface area contributed by atoms with E-state index in [1.807, 2.05) is 58.1 Å². The van der Waals surface area contributed by atoms with E-state index in [1.54, 1.807) is 48.2 Å². The highest BCUT2D eigenvalue weighted by molar-refractivity contribution is 7.80. The van der Waals surface area contributed by atoms with Gasteiger partial charge in [0.15, 0.2) is 12.1 Å². The quantitative estimate of drug-likeness (QED) is 0.0223. The van der Waals surface area contributed by atoms with Crippen LogP contribution in [0.25, 0.3) is 0 Å². The summed E-state index contributed by atoms with van der Waals surface area (Å²) in [4.78, 5) is 44.0. The highest BCUT2D eigenvalue weighted by Crippen LogP contribution is 2.39. The first kappa shape index (κ1) is 80.3. The van der Waals surface area contributed by atoms with E-state index in [-0.39, 0.29) is 54.0 Å². The lowest BCUT2D eigenvalue weighted by Gasteiger charge is -2.44. The Bertz CT molecular complexity index is 2210. The van der Waals surface area contributed by atoms with Crippen LogP contribution in [0.4, 0.5) is 0 Å². The molecule has 2 saturated heterocycles. The van der Waals surface area contributed by atoms with Crippen molar-refractivity contribution in [2.24, 2.45) is 35.5 Å². The van der Waals surface area contributed by atoms with Crippen LogP contribution in [0, 0.1) is 35.5 Å². The number of carbonyl (C=O) groups excluding carboxylic acids is 3. The number of amides is 1. The molecule has 0 aromatic heterocycles. The monoisotopic (exact) mass is 1310 g/mol. The van der Waals surface area contributed by atoms with Crippen LogP contribution in [0.1, 0.15) is 132 Å². The molecule has 1 amide bonds. The van der Waals surface area contributed by atoms with Crippen molar-refractivity contribution in [2.75, 3.05) is 127 Å². The van der Waals surface area contributed by atoms with E-state index in [0.717, 1.165) is 12.0 Å². The van der Waals surface area contributed by atoms with Crippen molar-refractivity contribution in [3.8, 4) is 0 Å². The minimum absolute atomic E-state index is 0.0231. The van der Waals surface area contributed by atoms with Crippen molar-refractivity contribution >= 4 is 34.9 Å². The molecule has 0 aromatic carbocycles. The largest absolute Gasteiger partial charge is 0.465 e. The molecule has 5 N–H and O–H groups in total. The third kappa shape index (κ3) is 28.2. The number of aliphatic hydroxyl groups is 4. The highest BCUT2D eigenvalue weighted by atomic mass is 32.1. The number of thiocarbonyl (C=S) groups is 1. The Kier molecular flexibility index (Phi) is 39.3. The standard InChI is InChI=1S/C68H116N2O20S/c1-12-81-28-29-83-32-33-85-36-37-87-39-38-86-35-34-84-31-30-82-27-25-69-67(91)89-56-24-22-53(43-60(56)80-11)42-49(5)59-45-58(79-10)48(4)41-51(7)62(72)63(73)61(71)50(6)40-46(2)18-14-13-15-19-47(3)57(78-9)44-54-23-21-52(8)68(77,90-54)64(74)65(75)70-26-17-16-20-55(70)66(76)88-59/h13-15,18-19,41,46,48-50,52-60,62-63,66,72-73,76-77H,12,16-17,20-40,42-45H2,1-11H3,(H,69,91)/b15-13+,18-14+,47-19+,51-41+/t46-,48-,49-,50-,52-,53+,54+,55+,56-,57+,58-,59+,60-,62-,63+,66?,68-/m1/s1. The second kappa shape index (κ2) is 44.5. The number of carbonyl (C=O) groups is 3. The van der Waals surface area contributed by atoms with Gasteiger partial charge in [-0.05, 0) is 126 Å². The topological polar surface area (TPSA) is 267 Å². The van der Waals surface area contributed by atoms with Gasteiger partial charge in [0.25, 0.3) is 16.9 Å². The van der Waals surface area contributed by atoms with E-state index in [0.29, 0.717) is 169 Å². The zero-order valence-electron chi connectivity index (χ0n) is 56.7. The summed E-state index contributed by atoms with van der Waals surface area (Å²) in [5, 5.41) is 50.6. The molecular weight excluding hydrogens is 1200 g/mol. The van der Waals surface area contributed by atoms with E-state index in [9.17, 15) is 34.8 Å². The normalized spacial score (nSPS) is 33.9. The molecule has 1 aliphatic carbocycles. The molecule has 2 bridgehead atoms. The number of methoxy groups -OCH3 is 3. The second-order valence-corrected chi connectivity index (χ2v) is 25.5. The van der Waals surface area contributed by atoms with Crippen LogP contribution < -0.4 is 5.32 Å². The van der Waals surface area contributed by atoms with E-state index < -0.39 is 84.1 Å². The Morgan fingerprint density at radius 1 is 0.692 bits per heavy atom. The van der Waals surface area contributed by atoms with Gasteiger partial charge >= 0.3 is 0 Å². The predicted octanol–water partition coefficient (Wildman–Crippen LogP) is 6.80. The van der Waals surface area contributed by atoms with E-state index >= 15 is 0 Å². The molecule has 4 aliphatic rings. The first-order chi connectivity index (χ1) is 43.7. The number of allylic oxidation sites excluding steroid dienone is 5. The fraction of sp³-hybridized carbons (Fsp3) is 0.824. The van der Waals surface area contributed by atoms with Crippen LogP contribution in [0.15, 0.2) is 47.6 Å². The lowest BCUT2D eigenvalue weighted by atomic mass is 9.78. The molecule has 3 fully saturated rings. The molecule has 0 aromatic rings. The maximum atomic E-state index is 14.6. The van der Waals surface area contributed by atoms with Crippen molar-refractivity contribution in [1.29, 1.82) is 0 Å². The number of rotatable bonds is 29. The Morgan fingerprint density at radius 3 is 1.89 bits per heavy atom. The molecular formula is C68H116N2O20S. The number of nitrogens with one attached hydrogen (secondary N) is 1. The maximum Gasteiger partial charge on any atom is 0.296 e. The predicted molar refractivity (Wildman–Crippen MR) is 348 cm³/mol. The molecule has 3 heterocycles. The lowest BCUT2D eigenvalue weighted by molar-refractivity contribution is -0.266. The van der Waals surface area contributed by atoms with Gasteiger partial charge in [0, 0.05) is 71.6 Å². The van der Waals surface area contributed by atoms with Gasteiger partial charge in [-0.25, -0.2) is 0 Å². The number of nitrogens with zero attached hydrogens (tertiary/aromatic N) is 1. The van der Waals surface area contributed by atoms with Crippen LogP contribution in [0.2, 0.25) is 0 Å². The average molecular weight is 1310 g/mol. The van der Waals surface area contributed by atoms with Gasteiger partial charge in [0.05, 0.1) is 122 Å².